The van der Waals surface area contributed by atoms with Crippen LogP contribution in [0.1, 0.15) is 31.5 Å². The van der Waals surface area contributed by atoms with Gasteiger partial charge in [0.15, 0.2) is 5.82 Å². The molecule has 1 aromatic rings. The van der Waals surface area contributed by atoms with Gasteiger partial charge >= 0.3 is 5.97 Å². The van der Waals surface area contributed by atoms with Gasteiger partial charge in [0.2, 0.25) is 11.8 Å². The SMILES string of the molecule is CC[C@H](NC(=O)CCc1nc(C)no1)C(=O)O. The van der Waals surface area contributed by atoms with E-state index in [-0.39, 0.29) is 12.3 Å². The molecule has 17 heavy (non-hydrogen) atoms. The summed E-state index contributed by atoms with van der Waals surface area (Å²) >= 11 is 0. The zero-order chi connectivity index (χ0) is 12.8. The topological polar surface area (TPSA) is 105 Å². The molecule has 7 heteroatoms. The first-order valence-corrected chi connectivity index (χ1v) is 5.34. The Morgan fingerprint density at radius 1 is 1.53 bits per heavy atom. The second-order valence-corrected chi connectivity index (χ2v) is 3.60. The number of carbonyl (C=O) groups is 2. The van der Waals surface area contributed by atoms with Gasteiger partial charge in [-0.25, -0.2) is 4.79 Å². The maximum Gasteiger partial charge on any atom is 0.326 e. The lowest BCUT2D eigenvalue weighted by Gasteiger charge is -2.11. The van der Waals surface area contributed by atoms with Crippen LogP contribution in [0.5, 0.6) is 0 Å². The number of nitrogens with one attached hydrogen (secondary N) is 1. The van der Waals surface area contributed by atoms with Crippen molar-refractivity contribution in [3.8, 4) is 0 Å². The van der Waals surface area contributed by atoms with Crippen molar-refractivity contribution in [1.82, 2.24) is 15.5 Å². The van der Waals surface area contributed by atoms with Gasteiger partial charge in [0, 0.05) is 12.8 Å². The van der Waals surface area contributed by atoms with Crippen LogP contribution < -0.4 is 5.32 Å². The van der Waals surface area contributed by atoms with E-state index in [9.17, 15) is 9.59 Å². The molecular weight excluding hydrogens is 226 g/mol. The van der Waals surface area contributed by atoms with Crippen molar-refractivity contribution in [3.63, 3.8) is 0 Å². The van der Waals surface area contributed by atoms with Crippen LogP contribution in [0, 0.1) is 6.92 Å². The molecule has 1 heterocycles. The fourth-order valence-electron chi connectivity index (χ4n) is 1.27. The van der Waals surface area contributed by atoms with Crippen LogP contribution in [0.4, 0.5) is 0 Å². The van der Waals surface area contributed by atoms with Gasteiger partial charge in [0.25, 0.3) is 0 Å². The molecule has 0 fully saturated rings. The second kappa shape index (κ2) is 5.97. The molecule has 1 amide bonds. The molecule has 1 atom stereocenters. The zero-order valence-electron chi connectivity index (χ0n) is 9.77. The lowest BCUT2D eigenvalue weighted by atomic mass is 10.2. The van der Waals surface area contributed by atoms with Crippen LogP contribution in [0.15, 0.2) is 4.52 Å². The molecule has 0 spiro atoms. The molecule has 1 rings (SSSR count). The number of aromatic nitrogens is 2. The van der Waals surface area contributed by atoms with Gasteiger partial charge in [-0.1, -0.05) is 12.1 Å². The molecule has 0 saturated heterocycles. The molecule has 0 bridgehead atoms. The third kappa shape index (κ3) is 4.21. The number of nitrogens with zero attached hydrogens (tertiary/aromatic N) is 2. The van der Waals surface area contributed by atoms with E-state index in [1.54, 1.807) is 13.8 Å². The summed E-state index contributed by atoms with van der Waals surface area (Å²) in [6.07, 6.45) is 0.787. The number of aliphatic carboxylic acids is 1. The number of amides is 1. The van der Waals surface area contributed by atoms with E-state index in [1.165, 1.54) is 0 Å². The summed E-state index contributed by atoms with van der Waals surface area (Å²) < 4.78 is 4.84. The number of carbonyl (C=O) groups excluding carboxylic acids is 1. The normalized spacial score (nSPS) is 12.1. The van der Waals surface area contributed by atoms with E-state index in [1.807, 2.05) is 0 Å². The number of hydrogen-bond donors (Lipinski definition) is 2. The molecular formula is C10H15N3O4. The van der Waals surface area contributed by atoms with Crippen molar-refractivity contribution in [1.29, 1.82) is 0 Å². The molecule has 94 valence electrons. The highest BCUT2D eigenvalue weighted by Gasteiger charge is 2.17. The number of carboxylic acid groups (broad SMARTS) is 1. The molecule has 2 N–H and O–H groups in total. The molecule has 1 aromatic heterocycles. The van der Waals surface area contributed by atoms with Crippen LogP contribution in [0.25, 0.3) is 0 Å². The van der Waals surface area contributed by atoms with E-state index in [4.69, 9.17) is 9.63 Å². The van der Waals surface area contributed by atoms with Crippen LogP contribution in [0.3, 0.4) is 0 Å². The number of rotatable bonds is 6. The Balaban J connectivity index is 2.37. The number of carboxylic acids is 1. The quantitative estimate of drug-likeness (QED) is 0.741. The highest BCUT2D eigenvalue weighted by atomic mass is 16.5. The van der Waals surface area contributed by atoms with Gasteiger partial charge in [-0.05, 0) is 13.3 Å². The van der Waals surface area contributed by atoms with Gasteiger partial charge in [-0.2, -0.15) is 4.98 Å². The minimum atomic E-state index is -1.03. The van der Waals surface area contributed by atoms with Crippen molar-refractivity contribution in [2.75, 3.05) is 0 Å². The highest BCUT2D eigenvalue weighted by Crippen LogP contribution is 2.00. The lowest BCUT2D eigenvalue weighted by Crippen LogP contribution is -2.40. The van der Waals surface area contributed by atoms with E-state index in [0.717, 1.165) is 0 Å². The Kier molecular flexibility index (Phi) is 4.62. The van der Waals surface area contributed by atoms with Crippen LogP contribution in [-0.4, -0.2) is 33.2 Å². The number of hydrogen-bond acceptors (Lipinski definition) is 5. The molecule has 0 radical (unpaired) electrons. The standard InChI is InChI=1S/C10H15N3O4/c1-3-7(10(15)16)12-8(14)4-5-9-11-6(2)13-17-9/h7H,3-5H2,1-2H3,(H,12,14)(H,15,16)/t7-/m0/s1. The van der Waals surface area contributed by atoms with Crippen LogP contribution in [-0.2, 0) is 16.0 Å². The summed E-state index contributed by atoms with van der Waals surface area (Å²) in [4.78, 5) is 26.1. The average molecular weight is 241 g/mol. The van der Waals surface area contributed by atoms with Crippen molar-refractivity contribution >= 4 is 11.9 Å². The van der Waals surface area contributed by atoms with Gasteiger partial charge in [-0.15, -0.1) is 0 Å². The Hall–Kier alpha value is -1.92. The molecule has 0 aliphatic rings. The first-order chi connectivity index (χ1) is 8.02. The van der Waals surface area contributed by atoms with Gasteiger partial charge in [0.05, 0.1) is 0 Å². The molecule has 0 aliphatic carbocycles. The van der Waals surface area contributed by atoms with Crippen molar-refractivity contribution in [3.05, 3.63) is 11.7 Å². The molecule has 0 unspecified atom stereocenters. The van der Waals surface area contributed by atoms with E-state index < -0.39 is 12.0 Å². The summed E-state index contributed by atoms with van der Waals surface area (Å²) in [7, 11) is 0. The largest absolute Gasteiger partial charge is 0.480 e. The highest BCUT2D eigenvalue weighted by molar-refractivity contribution is 5.83. The summed E-state index contributed by atoms with van der Waals surface area (Å²) in [6.45, 7) is 3.38. The van der Waals surface area contributed by atoms with Crippen molar-refractivity contribution < 1.29 is 19.2 Å². The monoisotopic (exact) mass is 241 g/mol. The molecule has 0 saturated carbocycles. The third-order valence-electron chi connectivity index (χ3n) is 2.18. The first-order valence-electron chi connectivity index (χ1n) is 5.34. The summed E-state index contributed by atoms with van der Waals surface area (Å²) in [5, 5.41) is 14.8. The van der Waals surface area contributed by atoms with Gasteiger partial charge in [0.1, 0.15) is 6.04 Å². The minimum absolute atomic E-state index is 0.130. The molecule has 0 aliphatic heterocycles. The van der Waals surface area contributed by atoms with E-state index in [2.05, 4.69) is 15.5 Å². The van der Waals surface area contributed by atoms with Crippen LogP contribution >= 0.6 is 0 Å². The first kappa shape index (κ1) is 13.1. The Bertz CT molecular complexity index is 402. The van der Waals surface area contributed by atoms with Crippen molar-refractivity contribution in [2.24, 2.45) is 0 Å². The van der Waals surface area contributed by atoms with Gasteiger partial charge < -0.3 is 14.9 Å². The summed E-state index contributed by atoms with van der Waals surface area (Å²) in [5.74, 6) is -0.483. The maximum atomic E-state index is 11.4. The Labute approximate surface area is 98.2 Å². The predicted octanol–water partition coefficient (Wildman–Crippen LogP) is 0.290. The van der Waals surface area contributed by atoms with Gasteiger partial charge in [-0.3, -0.25) is 4.79 Å². The summed E-state index contributed by atoms with van der Waals surface area (Å²) in [6, 6.07) is -0.841. The van der Waals surface area contributed by atoms with Crippen molar-refractivity contribution in [2.45, 2.75) is 39.2 Å². The molecule has 7 nitrogen and oxygen atoms in total. The zero-order valence-corrected chi connectivity index (χ0v) is 9.77. The number of aryl methyl sites for hydroxylation is 2. The fraction of sp³-hybridized carbons (Fsp3) is 0.600. The minimum Gasteiger partial charge on any atom is -0.480 e. The van der Waals surface area contributed by atoms with E-state index in [0.29, 0.717) is 24.6 Å². The fourth-order valence-corrected chi connectivity index (χ4v) is 1.27. The smallest absolute Gasteiger partial charge is 0.326 e. The predicted molar refractivity (Wildman–Crippen MR) is 57.2 cm³/mol. The Morgan fingerprint density at radius 2 is 2.24 bits per heavy atom. The second-order valence-electron chi connectivity index (χ2n) is 3.60. The van der Waals surface area contributed by atoms with E-state index >= 15 is 0 Å². The maximum absolute atomic E-state index is 11.4. The summed E-state index contributed by atoms with van der Waals surface area (Å²) in [5.41, 5.74) is 0. The molecule has 0 aromatic carbocycles. The Morgan fingerprint density at radius 3 is 2.71 bits per heavy atom. The van der Waals surface area contributed by atoms with Crippen LogP contribution in [0.2, 0.25) is 0 Å². The average Bonchev–Trinajstić information content (AvgIpc) is 2.68. The third-order valence-corrected chi connectivity index (χ3v) is 2.18. The lowest BCUT2D eigenvalue weighted by molar-refractivity contribution is -0.141.